The van der Waals surface area contributed by atoms with Gasteiger partial charge in [-0.25, -0.2) is 4.98 Å². The van der Waals surface area contributed by atoms with E-state index in [4.69, 9.17) is 9.72 Å². The lowest BCUT2D eigenvalue weighted by atomic mass is 10.2. The molecule has 0 spiro atoms. The highest BCUT2D eigenvalue weighted by Gasteiger charge is 2.23. The first-order valence-corrected chi connectivity index (χ1v) is 10.7. The largest absolute Gasteiger partial charge is 0.468 e. The van der Waals surface area contributed by atoms with Gasteiger partial charge in [0, 0.05) is 11.4 Å². The van der Waals surface area contributed by atoms with E-state index in [1.54, 1.807) is 15.9 Å². The molecule has 2 heterocycles. The molecule has 0 fully saturated rings. The van der Waals surface area contributed by atoms with Gasteiger partial charge in [0.1, 0.15) is 4.83 Å². The number of aryl methyl sites for hydroxylation is 2. The number of fused-ring (bicyclic) bond motifs is 3. The number of hydrogen-bond donors (Lipinski definition) is 0. The van der Waals surface area contributed by atoms with Crippen LogP contribution in [0.3, 0.4) is 0 Å². The molecule has 0 radical (unpaired) electrons. The van der Waals surface area contributed by atoms with Gasteiger partial charge in [-0.2, -0.15) is 0 Å². The number of unbranched alkanes of at least 4 members (excludes halogenated alkanes) is 3. The number of aromatic nitrogens is 2. The van der Waals surface area contributed by atoms with Crippen LogP contribution in [0, 0.1) is 0 Å². The highest BCUT2D eigenvalue weighted by molar-refractivity contribution is 7.99. The Balaban J connectivity index is 1.96. The van der Waals surface area contributed by atoms with E-state index in [0.29, 0.717) is 11.7 Å². The molecule has 1 aliphatic carbocycles. The maximum absolute atomic E-state index is 13.1. The standard InChI is InChI=1S/C18H24N2O3S2/c1-3-4-5-6-10-20-17(22)15-12-8-7-9-13(12)25-16(15)19-18(20)24-11-14(21)23-2/h3-11H2,1-2H3. The lowest BCUT2D eigenvalue weighted by Crippen LogP contribution is -2.24. The minimum atomic E-state index is -0.300. The third-order valence-electron chi connectivity index (χ3n) is 4.57. The zero-order valence-corrected chi connectivity index (χ0v) is 16.4. The Bertz CT molecular complexity index is 826. The van der Waals surface area contributed by atoms with Crippen molar-refractivity contribution in [1.29, 1.82) is 0 Å². The summed E-state index contributed by atoms with van der Waals surface area (Å²) < 4.78 is 6.49. The number of carbonyl (C=O) groups excluding carboxylic acids is 1. The van der Waals surface area contributed by atoms with Gasteiger partial charge in [-0.15, -0.1) is 11.3 Å². The molecule has 0 aromatic carbocycles. The summed E-state index contributed by atoms with van der Waals surface area (Å²) in [4.78, 5) is 31.5. The van der Waals surface area contributed by atoms with Crippen molar-refractivity contribution in [2.75, 3.05) is 12.9 Å². The lowest BCUT2D eigenvalue weighted by molar-refractivity contribution is -0.137. The van der Waals surface area contributed by atoms with Crippen molar-refractivity contribution >= 4 is 39.3 Å². The Labute approximate surface area is 155 Å². The fraction of sp³-hybridized carbons (Fsp3) is 0.611. The molecule has 2 aromatic heterocycles. The quantitative estimate of drug-likeness (QED) is 0.302. The second-order valence-corrected chi connectivity index (χ2v) is 8.34. The molecular weight excluding hydrogens is 356 g/mol. The summed E-state index contributed by atoms with van der Waals surface area (Å²) in [5.41, 5.74) is 1.28. The number of nitrogens with zero attached hydrogens (tertiary/aromatic N) is 2. The molecule has 0 unspecified atom stereocenters. The number of esters is 1. The third-order valence-corrected chi connectivity index (χ3v) is 6.71. The summed E-state index contributed by atoms with van der Waals surface area (Å²) in [6.07, 6.45) is 7.56. The second-order valence-electron chi connectivity index (χ2n) is 6.31. The Morgan fingerprint density at radius 2 is 2.16 bits per heavy atom. The maximum Gasteiger partial charge on any atom is 0.316 e. The van der Waals surface area contributed by atoms with Gasteiger partial charge in [-0.3, -0.25) is 14.2 Å². The van der Waals surface area contributed by atoms with Gasteiger partial charge >= 0.3 is 5.97 Å². The summed E-state index contributed by atoms with van der Waals surface area (Å²) in [6.45, 7) is 2.84. The van der Waals surface area contributed by atoms with Crippen LogP contribution in [0.15, 0.2) is 9.95 Å². The minimum absolute atomic E-state index is 0.0632. The summed E-state index contributed by atoms with van der Waals surface area (Å²) >= 11 is 2.94. The van der Waals surface area contributed by atoms with Crippen molar-refractivity contribution in [3.05, 3.63) is 20.8 Å². The lowest BCUT2D eigenvalue weighted by Gasteiger charge is -2.12. The molecule has 0 saturated heterocycles. The first-order valence-electron chi connectivity index (χ1n) is 8.90. The Morgan fingerprint density at radius 3 is 2.92 bits per heavy atom. The number of hydrogen-bond acceptors (Lipinski definition) is 6. The van der Waals surface area contributed by atoms with Crippen LogP contribution in [0.4, 0.5) is 0 Å². The molecule has 2 aromatic rings. The van der Waals surface area contributed by atoms with Crippen LogP contribution < -0.4 is 5.56 Å². The van der Waals surface area contributed by atoms with Crippen molar-refractivity contribution < 1.29 is 9.53 Å². The van der Waals surface area contributed by atoms with Crippen LogP contribution in [0.5, 0.6) is 0 Å². The number of methoxy groups -OCH3 is 1. The van der Waals surface area contributed by atoms with Crippen LogP contribution in [-0.4, -0.2) is 28.4 Å². The van der Waals surface area contributed by atoms with Crippen LogP contribution in [0.25, 0.3) is 10.2 Å². The number of carbonyl (C=O) groups is 1. The van der Waals surface area contributed by atoms with E-state index in [9.17, 15) is 9.59 Å². The smallest absolute Gasteiger partial charge is 0.316 e. The summed E-state index contributed by atoms with van der Waals surface area (Å²) in [5, 5.41) is 1.45. The average Bonchev–Trinajstić information content (AvgIpc) is 3.18. The zero-order valence-electron chi connectivity index (χ0n) is 14.8. The second kappa shape index (κ2) is 8.36. The zero-order chi connectivity index (χ0) is 17.8. The van der Waals surface area contributed by atoms with E-state index in [1.807, 2.05) is 0 Å². The van der Waals surface area contributed by atoms with Gasteiger partial charge in [0.15, 0.2) is 5.16 Å². The van der Waals surface area contributed by atoms with Gasteiger partial charge in [0.2, 0.25) is 0 Å². The van der Waals surface area contributed by atoms with Crippen molar-refractivity contribution in [2.24, 2.45) is 0 Å². The van der Waals surface area contributed by atoms with Crippen molar-refractivity contribution in [3.8, 4) is 0 Å². The van der Waals surface area contributed by atoms with Crippen LogP contribution in [0.2, 0.25) is 0 Å². The van der Waals surface area contributed by atoms with Gasteiger partial charge in [0.05, 0.1) is 18.2 Å². The average molecular weight is 381 g/mol. The SMILES string of the molecule is CCCCCCn1c(SCC(=O)OC)nc2sc3c(c2c1=O)CCC3. The fourth-order valence-electron chi connectivity index (χ4n) is 3.24. The van der Waals surface area contributed by atoms with E-state index in [1.165, 1.54) is 35.7 Å². The molecule has 0 saturated carbocycles. The highest BCUT2D eigenvalue weighted by Crippen LogP contribution is 2.35. The fourth-order valence-corrected chi connectivity index (χ4v) is 5.40. The first-order chi connectivity index (χ1) is 12.2. The first kappa shape index (κ1) is 18.5. The monoisotopic (exact) mass is 380 g/mol. The number of thioether (sulfide) groups is 1. The summed E-state index contributed by atoms with van der Waals surface area (Å²) in [5.74, 6) is -0.125. The number of thiophene rings is 1. The van der Waals surface area contributed by atoms with Gasteiger partial charge < -0.3 is 4.74 Å². The molecule has 1 aliphatic rings. The van der Waals surface area contributed by atoms with Crippen LogP contribution >= 0.6 is 23.1 Å². The van der Waals surface area contributed by atoms with Gasteiger partial charge in [-0.05, 0) is 31.2 Å². The normalized spacial score (nSPS) is 13.4. The molecular formula is C18H24N2O3S2. The van der Waals surface area contributed by atoms with Gasteiger partial charge in [-0.1, -0.05) is 37.9 Å². The molecule has 3 rings (SSSR count). The van der Waals surface area contributed by atoms with E-state index in [-0.39, 0.29) is 17.3 Å². The van der Waals surface area contributed by atoms with E-state index in [2.05, 4.69) is 6.92 Å². The number of ether oxygens (including phenoxy) is 1. The maximum atomic E-state index is 13.1. The molecule has 5 nitrogen and oxygen atoms in total. The topological polar surface area (TPSA) is 61.2 Å². The van der Waals surface area contributed by atoms with Crippen molar-refractivity contribution in [1.82, 2.24) is 9.55 Å². The molecule has 0 amide bonds. The Kier molecular flexibility index (Phi) is 6.17. The van der Waals surface area contributed by atoms with E-state index in [0.717, 1.165) is 48.7 Å². The van der Waals surface area contributed by atoms with Crippen molar-refractivity contribution in [2.45, 2.75) is 63.6 Å². The molecule has 136 valence electrons. The molecule has 0 atom stereocenters. The molecule has 7 heteroatoms. The third kappa shape index (κ3) is 3.92. The number of rotatable bonds is 8. The molecule has 0 aliphatic heterocycles. The Hall–Kier alpha value is -1.34. The molecule has 0 bridgehead atoms. The van der Waals surface area contributed by atoms with Gasteiger partial charge in [0.25, 0.3) is 5.56 Å². The molecule has 0 N–H and O–H groups in total. The summed E-state index contributed by atoms with van der Waals surface area (Å²) in [6, 6.07) is 0. The van der Waals surface area contributed by atoms with Crippen molar-refractivity contribution in [3.63, 3.8) is 0 Å². The highest BCUT2D eigenvalue weighted by atomic mass is 32.2. The molecule has 25 heavy (non-hydrogen) atoms. The van der Waals surface area contributed by atoms with Crippen LogP contribution in [0.1, 0.15) is 49.5 Å². The van der Waals surface area contributed by atoms with Crippen LogP contribution in [-0.2, 0) is 28.9 Å². The predicted molar refractivity (Wildman–Crippen MR) is 103 cm³/mol. The van der Waals surface area contributed by atoms with E-state index < -0.39 is 0 Å². The minimum Gasteiger partial charge on any atom is -0.468 e. The van der Waals surface area contributed by atoms with E-state index >= 15 is 0 Å². The summed E-state index contributed by atoms with van der Waals surface area (Å²) in [7, 11) is 1.38. The Morgan fingerprint density at radius 1 is 1.32 bits per heavy atom. The predicted octanol–water partition coefficient (Wildman–Crippen LogP) is 3.79.